The Morgan fingerprint density at radius 1 is 1.67 bits per heavy atom. The monoisotopic (exact) mass is 216 g/mol. The number of hydrogen-bond donors (Lipinski definition) is 4. The van der Waals surface area contributed by atoms with E-state index in [0.29, 0.717) is 0 Å². The summed E-state index contributed by atoms with van der Waals surface area (Å²) in [7, 11) is -6.98. The Balaban J connectivity index is 4.06. The van der Waals surface area contributed by atoms with Crippen LogP contribution < -0.4 is 5.73 Å². The molecule has 0 radical (unpaired) electrons. The topological polar surface area (TPSA) is 124 Å². The summed E-state index contributed by atoms with van der Waals surface area (Å²) in [4.78, 5) is 17.0. The molecule has 5 N–H and O–H groups in total. The van der Waals surface area contributed by atoms with E-state index in [1.165, 1.54) is 6.26 Å². The van der Waals surface area contributed by atoms with Crippen molar-refractivity contribution < 1.29 is 18.6 Å². The Bertz CT molecular complexity index is 281. The summed E-state index contributed by atoms with van der Waals surface area (Å²) in [6.45, 7) is 0. The molecule has 0 aromatic carbocycles. The highest BCUT2D eigenvalue weighted by molar-refractivity contribution is 7.91. The Hall–Kier alpha value is 0.0600. The molecule has 0 saturated heterocycles. The van der Waals surface area contributed by atoms with Crippen LogP contribution in [0.25, 0.3) is 0 Å². The largest absolute Gasteiger partial charge is 0.342 e. The predicted octanol–water partition coefficient (Wildman–Crippen LogP) is -0.484. The van der Waals surface area contributed by atoms with Crippen LogP contribution in [0.1, 0.15) is 6.42 Å². The molecule has 0 rings (SSSR count). The summed E-state index contributed by atoms with van der Waals surface area (Å²) in [5.41, 5.74) is 5.09. The molecular formula is C4H13N2O4PS. The summed E-state index contributed by atoms with van der Waals surface area (Å²) < 4.78 is 28.2. The van der Waals surface area contributed by atoms with Gasteiger partial charge in [-0.3, -0.25) is 13.6 Å². The van der Waals surface area contributed by atoms with E-state index < -0.39 is 23.1 Å². The Morgan fingerprint density at radius 2 is 2.08 bits per heavy atom. The van der Waals surface area contributed by atoms with Gasteiger partial charge in [-0.2, -0.15) is 0 Å². The fourth-order valence-corrected chi connectivity index (χ4v) is 1.86. The maximum atomic E-state index is 10.8. The van der Waals surface area contributed by atoms with Crippen molar-refractivity contribution in [3.05, 3.63) is 0 Å². The predicted molar refractivity (Wildman–Crippen MR) is 46.3 cm³/mol. The van der Waals surface area contributed by atoms with Crippen molar-refractivity contribution in [2.75, 3.05) is 12.0 Å². The molecule has 0 unspecified atom stereocenters. The van der Waals surface area contributed by atoms with Crippen LogP contribution in [0.2, 0.25) is 0 Å². The quantitative estimate of drug-likeness (QED) is 0.472. The Kier molecular flexibility index (Phi) is 3.87. The van der Waals surface area contributed by atoms with E-state index in [0.717, 1.165) is 0 Å². The van der Waals surface area contributed by atoms with E-state index in [1.54, 1.807) is 0 Å². The molecule has 74 valence electrons. The van der Waals surface area contributed by atoms with Gasteiger partial charge in [-0.1, -0.05) is 0 Å². The molecule has 0 bridgehead atoms. The molecule has 0 aromatic rings. The van der Waals surface area contributed by atoms with Crippen molar-refractivity contribution in [1.82, 2.24) is 0 Å². The van der Waals surface area contributed by atoms with Crippen LogP contribution in [0.15, 0.2) is 0 Å². The molecule has 6 nitrogen and oxygen atoms in total. The van der Waals surface area contributed by atoms with Gasteiger partial charge < -0.3 is 15.5 Å². The second kappa shape index (κ2) is 3.85. The van der Waals surface area contributed by atoms with Crippen molar-refractivity contribution in [2.45, 2.75) is 12.2 Å². The van der Waals surface area contributed by atoms with E-state index >= 15 is 0 Å². The summed E-state index contributed by atoms with van der Waals surface area (Å²) in [6, 6.07) is 0. The third-order valence-corrected chi connectivity index (χ3v) is 3.37. The molecule has 0 amide bonds. The van der Waals surface area contributed by atoms with Crippen molar-refractivity contribution >= 4 is 17.3 Å². The summed E-state index contributed by atoms with van der Waals surface area (Å²) >= 11 is 0. The van der Waals surface area contributed by atoms with Crippen LogP contribution >= 0.6 is 7.60 Å². The molecule has 0 aliphatic heterocycles. The van der Waals surface area contributed by atoms with E-state index in [4.69, 9.17) is 20.3 Å². The van der Waals surface area contributed by atoms with Crippen molar-refractivity contribution in [3.8, 4) is 0 Å². The minimum atomic E-state index is -4.27. The molecule has 0 fully saturated rings. The smallest absolute Gasteiger partial charge is 0.323 e. The van der Waals surface area contributed by atoms with Gasteiger partial charge in [-0.05, 0) is 6.42 Å². The van der Waals surface area contributed by atoms with Crippen molar-refractivity contribution in [3.63, 3.8) is 0 Å². The first kappa shape index (κ1) is 12.1. The first-order valence-electron chi connectivity index (χ1n) is 3.15. The lowest BCUT2D eigenvalue weighted by Gasteiger charge is -2.12. The van der Waals surface area contributed by atoms with Gasteiger partial charge in [0.05, 0.1) is 0 Å². The molecule has 0 spiro atoms. The zero-order valence-electron chi connectivity index (χ0n) is 6.64. The highest BCUT2D eigenvalue weighted by atomic mass is 32.2. The number of rotatable bonds is 4. The van der Waals surface area contributed by atoms with Gasteiger partial charge in [-0.25, -0.2) is 0 Å². The average Bonchev–Trinajstić information content (AvgIpc) is 1.78. The van der Waals surface area contributed by atoms with Crippen LogP contribution in [0.5, 0.6) is 0 Å². The lowest BCUT2D eigenvalue weighted by atomic mass is 10.5. The van der Waals surface area contributed by atoms with Crippen molar-refractivity contribution in [2.24, 2.45) is 5.73 Å². The van der Waals surface area contributed by atoms with Gasteiger partial charge in [0.25, 0.3) is 0 Å². The van der Waals surface area contributed by atoms with Crippen molar-refractivity contribution in [1.29, 1.82) is 4.78 Å². The van der Waals surface area contributed by atoms with Gasteiger partial charge in [0.15, 0.2) is 0 Å². The highest BCUT2D eigenvalue weighted by Gasteiger charge is 2.24. The number of hydrogen-bond acceptors (Lipinski definition) is 4. The second-order valence-electron chi connectivity index (χ2n) is 2.65. The van der Waals surface area contributed by atoms with Gasteiger partial charge in [0.2, 0.25) is 0 Å². The standard InChI is InChI=1S/C4H13N2O4PS/c1-12(6,10)3-2-4(5)11(7,8)9/h4,6H,2-3,5H2,1H3,(H2,7,8,9)/t4-,12-/m1/s1. The molecule has 2 atom stereocenters. The SMILES string of the molecule is C[S@@](=N)(=O)CC[C@H](N)P(=O)(O)O. The van der Waals surface area contributed by atoms with Gasteiger partial charge in [0.1, 0.15) is 5.78 Å². The van der Waals surface area contributed by atoms with Crippen LogP contribution in [-0.2, 0) is 14.3 Å². The summed E-state index contributed by atoms with van der Waals surface area (Å²) in [6.07, 6.45) is 1.11. The Labute approximate surface area is 71.3 Å². The molecular weight excluding hydrogens is 203 g/mol. The molecule has 12 heavy (non-hydrogen) atoms. The van der Waals surface area contributed by atoms with Crippen LogP contribution in [-0.4, -0.2) is 31.8 Å². The second-order valence-corrected chi connectivity index (χ2v) is 6.91. The summed E-state index contributed by atoms with van der Waals surface area (Å²) in [5, 5.41) is 0. The minimum Gasteiger partial charge on any atom is -0.323 e. The number of nitrogens with one attached hydrogen (secondary N) is 1. The fraction of sp³-hybridized carbons (Fsp3) is 1.00. The van der Waals surface area contributed by atoms with E-state index in [1.807, 2.05) is 0 Å². The number of nitrogens with two attached hydrogens (primary N) is 1. The maximum absolute atomic E-state index is 10.8. The van der Waals surface area contributed by atoms with E-state index in [-0.39, 0.29) is 12.2 Å². The van der Waals surface area contributed by atoms with Crippen LogP contribution in [0, 0.1) is 4.78 Å². The zero-order chi connectivity index (χ0) is 9.99. The van der Waals surface area contributed by atoms with E-state index in [9.17, 15) is 8.77 Å². The zero-order valence-corrected chi connectivity index (χ0v) is 8.35. The first-order valence-corrected chi connectivity index (χ1v) is 6.97. The molecule has 8 heteroatoms. The third-order valence-electron chi connectivity index (χ3n) is 1.24. The molecule has 0 aliphatic rings. The molecule has 0 aromatic heterocycles. The third kappa shape index (κ3) is 5.68. The summed E-state index contributed by atoms with van der Waals surface area (Å²) in [5.74, 6) is -1.39. The lowest BCUT2D eigenvalue weighted by Crippen LogP contribution is -2.23. The normalized spacial score (nSPS) is 20.0. The average molecular weight is 216 g/mol. The molecule has 0 saturated carbocycles. The van der Waals surface area contributed by atoms with Gasteiger partial charge in [-0.15, -0.1) is 0 Å². The lowest BCUT2D eigenvalue weighted by molar-refractivity contribution is 0.357. The van der Waals surface area contributed by atoms with Gasteiger partial charge >= 0.3 is 7.60 Å². The molecule has 0 heterocycles. The van der Waals surface area contributed by atoms with Crippen LogP contribution in [0.3, 0.4) is 0 Å². The molecule has 0 aliphatic carbocycles. The first-order chi connectivity index (χ1) is 5.13. The van der Waals surface area contributed by atoms with E-state index in [2.05, 4.69) is 0 Å². The van der Waals surface area contributed by atoms with Gasteiger partial charge in [0, 0.05) is 21.7 Å². The highest BCUT2D eigenvalue weighted by Crippen LogP contribution is 2.39. The Morgan fingerprint density at radius 3 is 2.33 bits per heavy atom. The minimum absolute atomic E-state index is 0.0841. The van der Waals surface area contributed by atoms with Crippen LogP contribution in [0.4, 0.5) is 0 Å². The fourth-order valence-electron chi connectivity index (χ4n) is 0.514. The maximum Gasteiger partial charge on any atom is 0.342 e.